The van der Waals surface area contributed by atoms with E-state index in [9.17, 15) is 8.42 Å². The standard InChI is InChI=1S/C13H28N2O3S/c1-4-8-14-10-12(3)19(16,17)15-9-6-7-13(11-15)18-5-2/h12-14H,4-11H2,1-3H3. The number of sulfonamides is 1. The highest BCUT2D eigenvalue weighted by Gasteiger charge is 2.32. The molecule has 2 atom stereocenters. The number of nitrogens with zero attached hydrogens (tertiary/aromatic N) is 1. The zero-order valence-corrected chi connectivity index (χ0v) is 13.2. The van der Waals surface area contributed by atoms with E-state index in [4.69, 9.17) is 4.74 Å². The molecule has 114 valence electrons. The molecule has 0 saturated carbocycles. The lowest BCUT2D eigenvalue weighted by Gasteiger charge is -2.33. The van der Waals surface area contributed by atoms with E-state index < -0.39 is 10.0 Å². The van der Waals surface area contributed by atoms with Crippen molar-refractivity contribution in [2.24, 2.45) is 0 Å². The van der Waals surface area contributed by atoms with E-state index in [0.717, 1.165) is 25.8 Å². The van der Waals surface area contributed by atoms with E-state index in [1.165, 1.54) is 0 Å². The second-order valence-electron chi connectivity index (χ2n) is 5.14. The van der Waals surface area contributed by atoms with Crippen molar-refractivity contribution in [1.29, 1.82) is 0 Å². The van der Waals surface area contributed by atoms with Crippen LogP contribution in [0.1, 0.15) is 40.0 Å². The van der Waals surface area contributed by atoms with E-state index in [1.807, 2.05) is 6.92 Å². The molecule has 0 bridgehead atoms. The number of ether oxygens (including phenoxy) is 1. The maximum absolute atomic E-state index is 12.5. The Kier molecular flexibility index (Phi) is 7.28. The molecule has 1 aliphatic heterocycles. The zero-order valence-electron chi connectivity index (χ0n) is 12.4. The van der Waals surface area contributed by atoms with E-state index in [-0.39, 0.29) is 11.4 Å². The molecule has 1 aliphatic rings. The van der Waals surface area contributed by atoms with E-state index in [0.29, 0.717) is 26.2 Å². The van der Waals surface area contributed by atoms with E-state index in [2.05, 4.69) is 12.2 Å². The molecule has 1 saturated heterocycles. The third kappa shape index (κ3) is 5.02. The fraction of sp³-hybridized carbons (Fsp3) is 1.00. The molecule has 2 unspecified atom stereocenters. The summed E-state index contributed by atoms with van der Waals surface area (Å²) in [4.78, 5) is 0. The van der Waals surface area contributed by atoms with Gasteiger partial charge in [-0.15, -0.1) is 0 Å². The van der Waals surface area contributed by atoms with Gasteiger partial charge in [0.15, 0.2) is 0 Å². The largest absolute Gasteiger partial charge is 0.377 e. The SMILES string of the molecule is CCCNCC(C)S(=O)(=O)N1CCCC(OCC)C1. The number of piperidine rings is 1. The molecule has 1 fully saturated rings. The molecule has 0 aromatic carbocycles. The Morgan fingerprint density at radius 3 is 2.79 bits per heavy atom. The number of nitrogens with one attached hydrogen (secondary N) is 1. The lowest BCUT2D eigenvalue weighted by molar-refractivity contribution is 0.0263. The van der Waals surface area contributed by atoms with Gasteiger partial charge in [-0.05, 0) is 39.7 Å². The average Bonchev–Trinajstić information content (AvgIpc) is 2.39. The lowest BCUT2D eigenvalue weighted by Crippen LogP contribution is -2.48. The quantitative estimate of drug-likeness (QED) is 0.683. The molecule has 0 amide bonds. The summed E-state index contributed by atoms with van der Waals surface area (Å²) in [7, 11) is -3.20. The summed E-state index contributed by atoms with van der Waals surface area (Å²) in [6.07, 6.45) is 2.92. The Morgan fingerprint density at radius 2 is 2.16 bits per heavy atom. The topological polar surface area (TPSA) is 58.6 Å². The van der Waals surface area contributed by atoms with Crippen LogP contribution in [0.15, 0.2) is 0 Å². The minimum atomic E-state index is -3.20. The zero-order chi connectivity index (χ0) is 14.3. The van der Waals surface area contributed by atoms with Gasteiger partial charge in [0.05, 0.1) is 11.4 Å². The second kappa shape index (κ2) is 8.19. The second-order valence-corrected chi connectivity index (χ2v) is 7.49. The normalized spacial score (nSPS) is 23.4. The molecule has 0 aliphatic carbocycles. The molecule has 5 nitrogen and oxygen atoms in total. The fourth-order valence-electron chi connectivity index (χ4n) is 2.35. The Bertz CT molecular complexity index is 344. The molecule has 0 aromatic rings. The van der Waals surface area contributed by atoms with Crippen molar-refractivity contribution in [3.63, 3.8) is 0 Å². The van der Waals surface area contributed by atoms with Crippen LogP contribution >= 0.6 is 0 Å². The van der Waals surface area contributed by atoms with Crippen LogP contribution in [0.2, 0.25) is 0 Å². The van der Waals surface area contributed by atoms with Crippen LogP contribution in [-0.4, -0.2) is 56.9 Å². The van der Waals surface area contributed by atoms with Gasteiger partial charge in [-0.3, -0.25) is 0 Å². The average molecular weight is 292 g/mol. The first-order valence-electron chi connectivity index (χ1n) is 7.33. The summed E-state index contributed by atoms with van der Waals surface area (Å²) >= 11 is 0. The third-order valence-electron chi connectivity index (χ3n) is 3.47. The molecule has 1 N–H and O–H groups in total. The van der Waals surface area contributed by atoms with Gasteiger partial charge in [0.25, 0.3) is 0 Å². The predicted molar refractivity (Wildman–Crippen MR) is 77.8 cm³/mol. The fourth-order valence-corrected chi connectivity index (χ4v) is 3.94. The Morgan fingerprint density at radius 1 is 1.42 bits per heavy atom. The highest BCUT2D eigenvalue weighted by molar-refractivity contribution is 7.89. The first-order chi connectivity index (χ1) is 9.02. The highest BCUT2D eigenvalue weighted by atomic mass is 32.2. The predicted octanol–water partition coefficient (Wildman–Crippen LogP) is 1.21. The van der Waals surface area contributed by atoms with Crippen LogP contribution in [0.4, 0.5) is 0 Å². The number of hydrogen-bond acceptors (Lipinski definition) is 4. The monoisotopic (exact) mass is 292 g/mol. The van der Waals surface area contributed by atoms with Gasteiger partial charge in [-0.2, -0.15) is 4.31 Å². The minimum absolute atomic E-state index is 0.0596. The van der Waals surface area contributed by atoms with Crippen molar-refractivity contribution in [2.75, 3.05) is 32.8 Å². The minimum Gasteiger partial charge on any atom is -0.377 e. The summed E-state index contributed by atoms with van der Waals surface area (Å²) < 4.78 is 32.1. The summed E-state index contributed by atoms with van der Waals surface area (Å²) in [6.45, 7) is 8.97. The van der Waals surface area contributed by atoms with Crippen LogP contribution in [0.25, 0.3) is 0 Å². The summed E-state index contributed by atoms with van der Waals surface area (Å²) in [5.74, 6) is 0. The van der Waals surface area contributed by atoms with E-state index in [1.54, 1.807) is 11.2 Å². The van der Waals surface area contributed by atoms with Crippen LogP contribution in [0, 0.1) is 0 Å². The van der Waals surface area contributed by atoms with Crippen LogP contribution in [-0.2, 0) is 14.8 Å². The smallest absolute Gasteiger partial charge is 0.218 e. The number of hydrogen-bond donors (Lipinski definition) is 1. The lowest BCUT2D eigenvalue weighted by atomic mass is 10.1. The summed E-state index contributed by atoms with van der Waals surface area (Å²) in [5, 5.41) is 2.80. The van der Waals surface area contributed by atoms with Crippen LogP contribution in [0.5, 0.6) is 0 Å². The first-order valence-corrected chi connectivity index (χ1v) is 8.84. The molecule has 0 aromatic heterocycles. The van der Waals surface area contributed by atoms with Gasteiger partial charge < -0.3 is 10.1 Å². The van der Waals surface area contributed by atoms with Gasteiger partial charge >= 0.3 is 0 Å². The molecular formula is C13H28N2O3S. The molecule has 19 heavy (non-hydrogen) atoms. The molecule has 0 spiro atoms. The summed E-state index contributed by atoms with van der Waals surface area (Å²) in [6, 6.07) is 0. The van der Waals surface area contributed by atoms with Gasteiger partial charge in [0.2, 0.25) is 10.0 Å². The van der Waals surface area contributed by atoms with Crippen molar-refractivity contribution in [3.05, 3.63) is 0 Å². The maximum atomic E-state index is 12.5. The molecule has 1 heterocycles. The summed E-state index contributed by atoms with van der Waals surface area (Å²) in [5.41, 5.74) is 0. The first kappa shape index (κ1) is 16.9. The number of rotatable bonds is 8. The van der Waals surface area contributed by atoms with Crippen molar-refractivity contribution in [3.8, 4) is 0 Å². The van der Waals surface area contributed by atoms with E-state index >= 15 is 0 Å². The molecule has 1 rings (SSSR count). The van der Waals surface area contributed by atoms with Gasteiger partial charge in [-0.25, -0.2) is 8.42 Å². The Labute approximate surface area is 117 Å². The van der Waals surface area contributed by atoms with Gasteiger partial charge in [0.1, 0.15) is 0 Å². The van der Waals surface area contributed by atoms with Gasteiger partial charge in [-0.1, -0.05) is 6.92 Å². The van der Waals surface area contributed by atoms with Gasteiger partial charge in [0, 0.05) is 26.2 Å². The van der Waals surface area contributed by atoms with Crippen molar-refractivity contribution in [2.45, 2.75) is 51.4 Å². The molecule has 0 radical (unpaired) electrons. The van der Waals surface area contributed by atoms with Crippen molar-refractivity contribution < 1.29 is 13.2 Å². The Balaban J connectivity index is 2.55. The third-order valence-corrected chi connectivity index (χ3v) is 5.71. The Hall–Kier alpha value is -0.170. The molecule has 6 heteroatoms. The molecular weight excluding hydrogens is 264 g/mol. The van der Waals surface area contributed by atoms with Crippen LogP contribution in [0.3, 0.4) is 0 Å². The highest BCUT2D eigenvalue weighted by Crippen LogP contribution is 2.19. The van der Waals surface area contributed by atoms with Crippen LogP contribution < -0.4 is 5.32 Å². The van der Waals surface area contributed by atoms with Crippen molar-refractivity contribution in [1.82, 2.24) is 9.62 Å². The van der Waals surface area contributed by atoms with Crippen molar-refractivity contribution >= 4 is 10.0 Å². The maximum Gasteiger partial charge on any atom is 0.218 e.